The molecule has 0 saturated carbocycles. The van der Waals surface area contributed by atoms with Gasteiger partial charge in [0, 0.05) is 0 Å². The first-order chi connectivity index (χ1) is 14.5. The van der Waals surface area contributed by atoms with Gasteiger partial charge in [0.05, 0.1) is 16.9 Å². The number of anilines is 1. The molecule has 0 spiro atoms. The molecule has 10 heteroatoms. The van der Waals surface area contributed by atoms with Crippen molar-refractivity contribution in [3.63, 3.8) is 0 Å². The molecule has 2 aromatic carbocycles. The molecular formula is C21H25BN2O6S. The van der Waals surface area contributed by atoms with Gasteiger partial charge in [-0.1, -0.05) is 36.4 Å². The molecule has 4 rings (SSSR count). The molecule has 31 heavy (non-hydrogen) atoms. The topological polar surface area (TPSA) is 94.2 Å². The molecule has 2 heterocycles. The minimum absolute atomic E-state index is 0.249. The Bertz CT molecular complexity index is 1090. The van der Waals surface area contributed by atoms with Crippen LogP contribution < -0.4 is 19.2 Å². The van der Waals surface area contributed by atoms with E-state index in [1.54, 1.807) is 18.2 Å². The second-order valence-electron chi connectivity index (χ2n) is 8.63. The molecule has 2 aliphatic heterocycles. The molecule has 0 unspecified atom stereocenters. The number of ether oxygens (including phenoxy) is 1. The molecule has 0 atom stereocenters. The number of carbonyl (C=O) groups excluding carboxylic acids is 1. The van der Waals surface area contributed by atoms with Crippen molar-refractivity contribution in [3.8, 4) is 5.75 Å². The average Bonchev–Trinajstić information content (AvgIpc) is 3.09. The zero-order chi connectivity index (χ0) is 22.4. The summed E-state index contributed by atoms with van der Waals surface area (Å²) in [6.07, 6.45) is 0. The van der Waals surface area contributed by atoms with Crippen molar-refractivity contribution in [2.45, 2.75) is 45.5 Å². The second kappa shape index (κ2) is 7.54. The Hall–Kier alpha value is -2.56. The third kappa shape index (κ3) is 4.15. The number of nitrogens with one attached hydrogen (secondary N) is 1. The minimum Gasteiger partial charge on any atom is -0.487 e. The van der Waals surface area contributed by atoms with Gasteiger partial charge >= 0.3 is 17.3 Å². The van der Waals surface area contributed by atoms with Crippen molar-refractivity contribution in [1.82, 2.24) is 4.72 Å². The van der Waals surface area contributed by atoms with Crippen LogP contribution in [0, 0.1) is 0 Å². The zero-order valence-electron chi connectivity index (χ0n) is 17.9. The summed E-state index contributed by atoms with van der Waals surface area (Å²) in [4.78, 5) is 11.8. The number of nitrogens with zero attached hydrogens (tertiary/aromatic N) is 1. The van der Waals surface area contributed by atoms with E-state index in [1.807, 2.05) is 62.7 Å². The molecule has 164 valence electrons. The van der Waals surface area contributed by atoms with Gasteiger partial charge in [0.15, 0.2) is 0 Å². The lowest BCUT2D eigenvalue weighted by molar-refractivity contribution is -0.117. The van der Waals surface area contributed by atoms with Gasteiger partial charge in [-0.2, -0.15) is 8.42 Å². The summed E-state index contributed by atoms with van der Waals surface area (Å²) in [5.41, 5.74) is 0.730. The number of hydrogen-bond acceptors (Lipinski definition) is 6. The molecule has 2 aliphatic rings. The van der Waals surface area contributed by atoms with Crippen LogP contribution >= 0.6 is 0 Å². The standard InChI is InChI=1S/C21H25BN2O6S/c1-20(2)21(3,4)30-22(29-20)16-10-11-18(28-14-15-8-6-5-7-9-15)17(12-16)24-13-19(25)23-31(24,26)27/h5-12H,13-14H2,1-4H3,(H,23,25). The van der Waals surface area contributed by atoms with E-state index >= 15 is 0 Å². The van der Waals surface area contributed by atoms with Crippen molar-refractivity contribution in [2.24, 2.45) is 0 Å². The summed E-state index contributed by atoms with van der Waals surface area (Å²) < 4.78 is 46.2. The van der Waals surface area contributed by atoms with Crippen LogP contribution in [0.3, 0.4) is 0 Å². The zero-order valence-corrected chi connectivity index (χ0v) is 18.7. The maximum Gasteiger partial charge on any atom is 0.494 e. The van der Waals surface area contributed by atoms with Crippen molar-refractivity contribution < 1.29 is 27.3 Å². The van der Waals surface area contributed by atoms with E-state index in [4.69, 9.17) is 14.0 Å². The van der Waals surface area contributed by atoms with E-state index in [0.717, 1.165) is 9.87 Å². The average molecular weight is 444 g/mol. The van der Waals surface area contributed by atoms with E-state index in [0.29, 0.717) is 11.2 Å². The molecule has 2 aromatic rings. The number of hydrogen-bond donors (Lipinski definition) is 1. The minimum atomic E-state index is -4.01. The van der Waals surface area contributed by atoms with Gasteiger partial charge in [0.2, 0.25) is 0 Å². The highest BCUT2D eigenvalue weighted by molar-refractivity contribution is 7.92. The first-order valence-corrected chi connectivity index (χ1v) is 11.4. The third-order valence-corrected chi connectivity index (χ3v) is 7.23. The fourth-order valence-corrected chi connectivity index (χ4v) is 4.53. The largest absolute Gasteiger partial charge is 0.494 e. The number of benzene rings is 2. The fraction of sp³-hybridized carbons (Fsp3) is 0.381. The van der Waals surface area contributed by atoms with Crippen LogP contribution in [0.15, 0.2) is 48.5 Å². The fourth-order valence-electron chi connectivity index (χ4n) is 3.37. The van der Waals surface area contributed by atoms with Crippen LogP contribution in [0.25, 0.3) is 0 Å². The van der Waals surface area contributed by atoms with Crippen molar-refractivity contribution >= 4 is 34.4 Å². The summed E-state index contributed by atoms with van der Waals surface area (Å²) >= 11 is 0. The Morgan fingerprint density at radius 1 is 1.06 bits per heavy atom. The highest BCUT2D eigenvalue weighted by atomic mass is 32.2. The number of carbonyl (C=O) groups is 1. The Labute approximate surface area is 182 Å². The van der Waals surface area contributed by atoms with E-state index in [9.17, 15) is 13.2 Å². The highest BCUT2D eigenvalue weighted by Gasteiger charge is 2.52. The van der Waals surface area contributed by atoms with Gasteiger partial charge < -0.3 is 14.0 Å². The Morgan fingerprint density at radius 3 is 2.29 bits per heavy atom. The maximum absolute atomic E-state index is 12.5. The Balaban J connectivity index is 1.70. The van der Waals surface area contributed by atoms with Gasteiger partial charge in [-0.05, 0) is 50.9 Å². The van der Waals surface area contributed by atoms with Gasteiger partial charge in [0.1, 0.15) is 18.9 Å². The molecule has 1 N–H and O–H groups in total. The van der Waals surface area contributed by atoms with Crippen molar-refractivity contribution in [3.05, 3.63) is 54.1 Å². The normalized spacial score (nSPS) is 21.2. The summed E-state index contributed by atoms with van der Waals surface area (Å²) in [5.74, 6) is -0.265. The summed E-state index contributed by atoms with van der Waals surface area (Å²) in [6.45, 7) is 7.70. The smallest absolute Gasteiger partial charge is 0.487 e. The van der Waals surface area contributed by atoms with Gasteiger partial charge in [-0.3, -0.25) is 4.79 Å². The maximum atomic E-state index is 12.5. The molecule has 0 bridgehead atoms. The first-order valence-electron chi connectivity index (χ1n) is 9.98. The molecule has 0 radical (unpaired) electrons. The predicted molar refractivity (Wildman–Crippen MR) is 117 cm³/mol. The lowest BCUT2D eigenvalue weighted by atomic mass is 9.79. The van der Waals surface area contributed by atoms with Gasteiger partial charge in [0.25, 0.3) is 5.91 Å². The van der Waals surface area contributed by atoms with Crippen molar-refractivity contribution in [1.29, 1.82) is 0 Å². The van der Waals surface area contributed by atoms with E-state index in [1.165, 1.54) is 0 Å². The molecule has 0 aliphatic carbocycles. The first kappa shape index (κ1) is 21.7. The third-order valence-electron chi connectivity index (χ3n) is 5.83. The van der Waals surface area contributed by atoms with Crippen molar-refractivity contribution in [2.75, 3.05) is 10.8 Å². The van der Waals surface area contributed by atoms with Gasteiger partial charge in [-0.25, -0.2) is 9.03 Å². The van der Waals surface area contributed by atoms with Crippen LogP contribution in [0.5, 0.6) is 5.75 Å². The van der Waals surface area contributed by atoms with Crippen LogP contribution in [0.2, 0.25) is 0 Å². The molecule has 1 amide bonds. The second-order valence-corrected chi connectivity index (χ2v) is 10.2. The molecule has 0 aromatic heterocycles. The number of amides is 1. The monoisotopic (exact) mass is 444 g/mol. The van der Waals surface area contributed by atoms with Crippen LogP contribution in [-0.2, 0) is 30.9 Å². The van der Waals surface area contributed by atoms with E-state index in [-0.39, 0.29) is 18.8 Å². The Kier molecular flexibility index (Phi) is 5.27. The number of rotatable bonds is 5. The Morgan fingerprint density at radius 2 is 1.71 bits per heavy atom. The van der Waals surface area contributed by atoms with Gasteiger partial charge in [-0.15, -0.1) is 0 Å². The highest BCUT2D eigenvalue weighted by Crippen LogP contribution is 2.38. The quantitative estimate of drug-likeness (QED) is 0.707. The van der Waals surface area contributed by atoms with E-state index < -0.39 is 34.4 Å². The van der Waals surface area contributed by atoms with Crippen LogP contribution in [0.4, 0.5) is 5.69 Å². The SMILES string of the molecule is CC1(C)OB(c2ccc(OCc3ccccc3)c(N3CC(=O)NS3(=O)=O)c2)OC1(C)C. The molecular weight excluding hydrogens is 419 g/mol. The lowest BCUT2D eigenvalue weighted by Crippen LogP contribution is -2.41. The molecule has 2 saturated heterocycles. The molecule has 8 nitrogen and oxygen atoms in total. The predicted octanol–water partition coefficient (Wildman–Crippen LogP) is 1.75. The van der Waals surface area contributed by atoms with E-state index in [2.05, 4.69) is 0 Å². The lowest BCUT2D eigenvalue weighted by Gasteiger charge is -2.32. The summed E-state index contributed by atoms with van der Waals surface area (Å²) in [7, 11) is -4.69. The molecule has 2 fully saturated rings. The summed E-state index contributed by atoms with van der Waals surface area (Å²) in [5, 5.41) is 0. The van der Waals surface area contributed by atoms with Crippen LogP contribution in [0.1, 0.15) is 33.3 Å². The van der Waals surface area contributed by atoms with Crippen LogP contribution in [-0.4, -0.2) is 39.2 Å². The summed E-state index contributed by atoms with van der Waals surface area (Å²) in [6, 6.07) is 14.6.